The van der Waals surface area contributed by atoms with E-state index in [1.54, 1.807) is 12.3 Å². The minimum Gasteiger partial charge on any atom is -0.490 e. The fraction of sp³-hybridized carbons (Fsp3) is 0.235. The van der Waals surface area contributed by atoms with Crippen molar-refractivity contribution < 1.29 is 13.9 Å². The first kappa shape index (κ1) is 15.5. The molecule has 2 N–H and O–H groups in total. The third-order valence-corrected chi connectivity index (χ3v) is 3.71. The summed E-state index contributed by atoms with van der Waals surface area (Å²) in [4.78, 5) is 15.0. The van der Waals surface area contributed by atoms with Gasteiger partial charge in [0.25, 0.3) is 5.91 Å². The van der Waals surface area contributed by atoms with Crippen molar-refractivity contribution in [2.75, 3.05) is 6.61 Å². The van der Waals surface area contributed by atoms with Crippen LogP contribution in [0.5, 0.6) is 5.75 Å². The molecule has 5 nitrogen and oxygen atoms in total. The maximum Gasteiger partial charge on any atom is 0.268 e. The van der Waals surface area contributed by atoms with Crippen molar-refractivity contribution >= 4 is 28.5 Å². The summed E-state index contributed by atoms with van der Waals surface area (Å²) in [5.74, 6) is 1.12. The van der Waals surface area contributed by atoms with Crippen LogP contribution < -0.4 is 10.1 Å². The van der Waals surface area contributed by atoms with Gasteiger partial charge in [-0.05, 0) is 32.0 Å². The predicted octanol–water partition coefficient (Wildman–Crippen LogP) is 4.30. The molecule has 1 unspecified atom stereocenters. The number of aromatic amines is 1. The van der Waals surface area contributed by atoms with E-state index < -0.39 is 0 Å². The fourth-order valence-corrected chi connectivity index (χ4v) is 2.55. The number of halogens is 1. The molecule has 0 fully saturated rings. The minimum absolute atomic E-state index is 0.241. The molecule has 0 saturated heterocycles. The zero-order valence-electron chi connectivity index (χ0n) is 12.9. The van der Waals surface area contributed by atoms with Crippen LogP contribution in [0, 0.1) is 0 Å². The number of para-hydroxylation sites is 1. The van der Waals surface area contributed by atoms with Crippen LogP contribution in [0.4, 0.5) is 0 Å². The number of aromatic nitrogens is 1. The van der Waals surface area contributed by atoms with Crippen LogP contribution in [-0.4, -0.2) is 17.5 Å². The number of furan rings is 1. The fourth-order valence-electron chi connectivity index (χ4n) is 2.38. The number of carbonyl (C=O) groups excluding carboxylic acids is 1. The third kappa shape index (κ3) is 3.19. The number of fused-ring (bicyclic) bond motifs is 1. The lowest BCUT2D eigenvalue weighted by molar-refractivity contribution is 0.0931. The van der Waals surface area contributed by atoms with Gasteiger partial charge in [0, 0.05) is 11.6 Å². The van der Waals surface area contributed by atoms with Gasteiger partial charge in [-0.25, -0.2) is 0 Å². The van der Waals surface area contributed by atoms with Gasteiger partial charge < -0.3 is 19.5 Å². The molecular formula is C17H17ClN2O3. The Balaban J connectivity index is 1.82. The molecule has 3 aromatic rings. The Morgan fingerprint density at radius 2 is 2.26 bits per heavy atom. The normalized spacial score (nSPS) is 12.3. The Kier molecular flexibility index (Phi) is 4.30. The van der Waals surface area contributed by atoms with E-state index in [0.717, 1.165) is 5.39 Å². The molecule has 1 amide bonds. The van der Waals surface area contributed by atoms with Crippen LogP contribution in [0.3, 0.4) is 0 Å². The molecule has 0 aliphatic heterocycles. The monoisotopic (exact) mass is 332 g/mol. The topological polar surface area (TPSA) is 67.3 Å². The predicted molar refractivity (Wildman–Crippen MR) is 89.1 cm³/mol. The Morgan fingerprint density at radius 3 is 2.96 bits per heavy atom. The summed E-state index contributed by atoms with van der Waals surface area (Å²) in [6.07, 6.45) is 1.57. The number of H-pyrrole nitrogens is 1. The van der Waals surface area contributed by atoms with Crippen LogP contribution >= 0.6 is 11.6 Å². The first-order valence-electron chi connectivity index (χ1n) is 7.38. The quantitative estimate of drug-likeness (QED) is 0.731. The molecule has 2 aromatic heterocycles. The van der Waals surface area contributed by atoms with E-state index in [1.165, 1.54) is 0 Å². The number of benzene rings is 1. The molecule has 0 aliphatic carbocycles. The molecule has 2 heterocycles. The maximum absolute atomic E-state index is 12.2. The number of rotatable bonds is 5. The Bertz CT molecular complexity index is 837. The van der Waals surface area contributed by atoms with Gasteiger partial charge in [-0.15, -0.1) is 0 Å². The summed E-state index contributed by atoms with van der Waals surface area (Å²) >= 11 is 5.81. The molecule has 0 aliphatic rings. The second-order valence-corrected chi connectivity index (χ2v) is 5.62. The van der Waals surface area contributed by atoms with E-state index in [-0.39, 0.29) is 11.9 Å². The van der Waals surface area contributed by atoms with Gasteiger partial charge in [0.05, 0.1) is 17.7 Å². The highest BCUT2D eigenvalue weighted by atomic mass is 35.5. The van der Waals surface area contributed by atoms with Gasteiger partial charge in [0.2, 0.25) is 0 Å². The van der Waals surface area contributed by atoms with Gasteiger partial charge in [0.1, 0.15) is 11.5 Å². The van der Waals surface area contributed by atoms with Crippen molar-refractivity contribution in [3.8, 4) is 5.75 Å². The van der Waals surface area contributed by atoms with Crippen LogP contribution in [0.15, 0.2) is 40.9 Å². The summed E-state index contributed by atoms with van der Waals surface area (Å²) in [6, 6.07) is 8.93. The standard InChI is InChI=1S/C17H17ClN2O3/c1-3-22-14-6-4-5-11-7-15(23-16(11)14)10(2)20-17(21)13-8-12(18)9-19-13/h4-10,19H,3H2,1-2H3,(H,20,21). The number of hydrogen-bond acceptors (Lipinski definition) is 3. The zero-order valence-corrected chi connectivity index (χ0v) is 13.6. The zero-order chi connectivity index (χ0) is 16.4. The second-order valence-electron chi connectivity index (χ2n) is 5.18. The first-order valence-corrected chi connectivity index (χ1v) is 7.76. The molecule has 120 valence electrons. The Labute approximate surface area is 138 Å². The van der Waals surface area contributed by atoms with E-state index in [1.807, 2.05) is 38.1 Å². The number of amides is 1. The Hall–Kier alpha value is -2.40. The van der Waals surface area contributed by atoms with Crippen molar-refractivity contribution in [3.63, 3.8) is 0 Å². The van der Waals surface area contributed by atoms with E-state index in [0.29, 0.717) is 34.4 Å². The van der Waals surface area contributed by atoms with Crippen molar-refractivity contribution in [2.24, 2.45) is 0 Å². The van der Waals surface area contributed by atoms with Crippen LogP contribution in [0.25, 0.3) is 11.0 Å². The number of hydrogen-bond donors (Lipinski definition) is 2. The van der Waals surface area contributed by atoms with Crippen LogP contribution in [0.1, 0.15) is 36.1 Å². The molecule has 0 bridgehead atoms. The average Bonchev–Trinajstić information content (AvgIpc) is 3.14. The summed E-state index contributed by atoms with van der Waals surface area (Å²) in [5.41, 5.74) is 1.10. The average molecular weight is 333 g/mol. The van der Waals surface area contributed by atoms with Gasteiger partial charge in [-0.1, -0.05) is 23.7 Å². The van der Waals surface area contributed by atoms with E-state index >= 15 is 0 Å². The SMILES string of the molecule is CCOc1cccc2cc(C(C)NC(=O)c3cc(Cl)c[nH]3)oc12. The highest BCUT2D eigenvalue weighted by Gasteiger charge is 2.17. The summed E-state index contributed by atoms with van der Waals surface area (Å²) < 4.78 is 11.4. The highest BCUT2D eigenvalue weighted by Crippen LogP contribution is 2.31. The number of nitrogens with one attached hydrogen (secondary N) is 2. The first-order chi connectivity index (χ1) is 11.1. The third-order valence-electron chi connectivity index (χ3n) is 3.49. The lowest BCUT2D eigenvalue weighted by atomic mass is 10.2. The summed E-state index contributed by atoms with van der Waals surface area (Å²) in [7, 11) is 0. The van der Waals surface area contributed by atoms with Crippen molar-refractivity contribution in [3.05, 3.63) is 53.0 Å². The smallest absolute Gasteiger partial charge is 0.268 e. The molecule has 0 radical (unpaired) electrons. The largest absolute Gasteiger partial charge is 0.490 e. The van der Waals surface area contributed by atoms with Crippen molar-refractivity contribution in [2.45, 2.75) is 19.9 Å². The maximum atomic E-state index is 12.2. The molecular weight excluding hydrogens is 316 g/mol. The molecule has 23 heavy (non-hydrogen) atoms. The lowest BCUT2D eigenvalue weighted by Crippen LogP contribution is -2.26. The minimum atomic E-state index is -0.286. The van der Waals surface area contributed by atoms with Crippen LogP contribution in [0.2, 0.25) is 5.02 Å². The van der Waals surface area contributed by atoms with E-state index in [9.17, 15) is 4.79 Å². The molecule has 1 atom stereocenters. The van der Waals surface area contributed by atoms with Gasteiger partial charge >= 0.3 is 0 Å². The van der Waals surface area contributed by atoms with Gasteiger partial charge in [-0.3, -0.25) is 4.79 Å². The Morgan fingerprint density at radius 1 is 1.43 bits per heavy atom. The van der Waals surface area contributed by atoms with Gasteiger partial charge in [0.15, 0.2) is 11.3 Å². The lowest BCUT2D eigenvalue weighted by Gasteiger charge is -2.10. The molecule has 1 aromatic carbocycles. The van der Waals surface area contributed by atoms with E-state index in [4.69, 9.17) is 20.8 Å². The second kappa shape index (κ2) is 6.38. The number of carbonyl (C=O) groups is 1. The highest BCUT2D eigenvalue weighted by molar-refractivity contribution is 6.30. The van der Waals surface area contributed by atoms with Crippen LogP contribution in [-0.2, 0) is 0 Å². The van der Waals surface area contributed by atoms with Crippen molar-refractivity contribution in [1.82, 2.24) is 10.3 Å². The van der Waals surface area contributed by atoms with Gasteiger partial charge in [-0.2, -0.15) is 0 Å². The summed E-state index contributed by atoms with van der Waals surface area (Å²) in [5, 5.41) is 4.31. The molecule has 3 rings (SSSR count). The van der Waals surface area contributed by atoms with Crippen molar-refractivity contribution in [1.29, 1.82) is 0 Å². The number of ether oxygens (including phenoxy) is 1. The van der Waals surface area contributed by atoms with E-state index in [2.05, 4.69) is 10.3 Å². The molecule has 6 heteroatoms. The summed E-state index contributed by atoms with van der Waals surface area (Å²) in [6.45, 7) is 4.35. The molecule has 0 saturated carbocycles. The molecule has 0 spiro atoms.